The second-order valence-corrected chi connectivity index (χ2v) is 5.99. The maximum atomic E-state index is 9.52. The molecule has 23 heavy (non-hydrogen) atoms. The van der Waals surface area contributed by atoms with Crippen LogP contribution in [0.4, 0.5) is 0 Å². The summed E-state index contributed by atoms with van der Waals surface area (Å²) in [6, 6.07) is 1.98. The number of hydrogen-bond donors (Lipinski definition) is 3. The highest BCUT2D eigenvalue weighted by atomic mass is 16.3. The maximum Gasteiger partial charge on any atom is 0.191 e. The number of aliphatic hydroxyl groups excluding tert-OH is 1. The summed E-state index contributed by atoms with van der Waals surface area (Å²) in [5, 5.41) is 20.3. The summed E-state index contributed by atoms with van der Waals surface area (Å²) in [6.07, 6.45) is 4.58. The van der Waals surface area contributed by atoms with Crippen LogP contribution in [0.5, 0.6) is 0 Å². The molecule has 0 amide bonds. The summed E-state index contributed by atoms with van der Waals surface area (Å²) < 4.78 is 1.85. The molecular weight excluding hydrogens is 292 g/mol. The number of rotatable bonds is 7. The van der Waals surface area contributed by atoms with E-state index in [0.29, 0.717) is 6.54 Å². The van der Waals surface area contributed by atoms with Crippen molar-refractivity contribution in [2.45, 2.75) is 38.8 Å². The first-order valence-corrected chi connectivity index (χ1v) is 8.58. The van der Waals surface area contributed by atoms with Crippen molar-refractivity contribution in [3.8, 4) is 0 Å². The summed E-state index contributed by atoms with van der Waals surface area (Å²) in [6.45, 7) is 7.53. The third kappa shape index (κ3) is 6.19. The first kappa shape index (κ1) is 17.7. The van der Waals surface area contributed by atoms with E-state index in [-0.39, 0.29) is 6.10 Å². The van der Waals surface area contributed by atoms with Crippen LogP contribution in [0.15, 0.2) is 17.3 Å². The summed E-state index contributed by atoms with van der Waals surface area (Å²) in [5.41, 5.74) is 1.09. The first-order chi connectivity index (χ1) is 11.2. The quantitative estimate of drug-likeness (QED) is 0.383. The van der Waals surface area contributed by atoms with Crippen LogP contribution < -0.4 is 10.6 Å². The van der Waals surface area contributed by atoms with Gasteiger partial charge in [0.25, 0.3) is 0 Å². The lowest BCUT2D eigenvalue weighted by molar-refractivity contribution is 0.0823. The van der Waals surface area contributed by atoms with E-state index in [9.17, 15) is 5.11 Å². The smallest absolute Gasteiger partial charge is 0.191 e. The molecule has 7 heteroatoms. The molecule has 1 aromatic heterocycles. The Morgan fingerprint density at radius 3 is 2.83 bits per heavy atom. The van der Waals surface area contributed by atoms with Gasteiger partial charge in [-0.15, -0.1) is 0 Å². The van der Waals surface area contributed by atoms with Crippen LogP contribution in [0.25, 0.3) is 0 Å². The van der Waals surface area contributed by atoms with Crippen molar-refractivity contribution >= 4 is 5.96 Å². The average Bonchev–Trinajstić information content (AvgIpc) is 2.96. The number of aliphatic hydroxyl groups is 1. The number of aromatic nitrogens is 2. The minimum Gasteiger partial charge on any atom is -0.393 e. The monoisotopic (exact) mass is 322 g/mol. The fourth-order valence-corrected chi connectivity index (χ4v) is 2.71. The van der Waals surface area contributed by atoms with Gasteiger partial charge in [0, 0.05) is 39.4 Å². The highest BCUT2D eigenvalue weighted by Crippen LogP contribution is 2.09. The Bertz CT molecular complexity index is 479. The van der Waals surface area contributed by atoms with E-state index in [1.807, 2.05) is 17.8 Å². The zero-order valence-corrected chi connectivity index (χ0v) is 14.3. The van der Waals surface area contributed by atoms with Gasteiger partial charge in [0.1, 0.15) is 0 Å². The van der Waals surface area contributed by atoms with Gasteiger partial charge >= 0.3 is 0 Å². The molecule has 130 valence electrons. The van der Waals surface area contributed by atoms with E-state index in [2.05, 4.69) is 32.5 Å². The first-order valence-electron chi connectivity index (χ1n) is 8.58. The Labute approximate surface area is 138 Å². The summed E-state index contributed by atoms with van der Waals surface area (Å²) in [7, 11) is 1.93. The molecule has 1 aliphatic heterocycles. The number of nitrogens with zero attached hydrogens (tertiary/aromatic N) is 4. The highest BCUT2D eigenvalue weighted by Gasteiger charge is 2.15. The highest BCUT2D eigenvalue weighted by molar-refractivity contribution is 5.79. The lowest BCUT2D eigenvalue weighted by Crippen LogP contribution is -2.40. The van der Waals surface area contributed by atoms with Crippen LogP contribution in [0.2, 0.25) is 0 Å². The molecule has 0 bridgehead atoms. The summed E-state index contributed by atoms with van der Waals surface area (Å²) >= 11 is 0. The maximum absolute atomic E-state index is 9.52. The molecule has 0 radical (unpaired) electrons. The van der Waals surface area contributed by atoms with Gasteiger partial charge in [0.15, 0.2) is 5.96 Å². The van der Waals surface area contributed by atoms with Crippen molar-refractivity contribution in [2.24, 2.45) is 12.0 Å². The van der Waals surface area contributed by atoms with Gasteiger partial charge in [-0.25, -0.2) is 4.99 Å². The van der Waals surface area contributed by atoms with E-state index in [1.54, 1.807) is 6.20 Å². The summed E-state index contributed by atoms with van der Waals surface area (Å²) in [5.74, 6) is 0.850. The average molecular weight is 322 g/mol. The fourth-order valence-electron chi connectivity index (χ4n) is 2.71. The Morgan fingerprint density at radius 1 is 1.39 bits per heavy atom. The molecule has 1 aromatic rings. The van der Waals surface area contributed by atoms with E-state index in [0.717, 1.165) is 63.6 Å². The van der Waals surface area contributed by atoms with Crippen molar-refractivity contribution in [3.05, 3.63) is 18.0 Å². The number of guanidine groups is 1. The molecule has 0 atom stereocenters. The zero-order chi connectivity index (χ0) is 16.5. The molecule has 1 saturated heterocycles. The van der Waals surface area contributed by atoms with Crippen LogP contribution >= 0.6 is 0 Å². The Hall–Kier alpha value is -1.60. The second-order valence-electron chi connectivity index (χ2n) is 5.99. The van der Waals surface area contributed by atoms with E-state index >= 15 is 0 Å². The lowest BCUT2D eigenvalue weighted by atomic mass is 10.1. The predicted molar refractivity (Wildman–Crippen MR) is 92.3 cm³/mol. The van der Waals surface area contributed by atoms with E-state index in [1.165, 1.54) is 0 Å². The molecule has 1 fully saturated rings. The van der Waals surface area contributed by atoms with Crippen LogP contribution in [0.3, 0.4) is 0 Å². The number of piperidine rings is 1. The third-order valence-electron chi connectivity index (χ3n) is 4.17. The SMILES string of the molecule is CCNC(=NCc1ccnn1C)NCCCN1CCC(O)CC1. The number of aryl methyl sites for hydroxylation is 1. The topological polar surface area (TPSA) is 77.7 Å². The second kappa shape index (κ2) is 9.52. The van der Waals surface area contributed by atoms with Crippen LogP contribution in [-0.4, -0.2) is 64.6 Å². The van der Waals surface area contributed by atoms with E-state index in [4.69, 9.17) is 0 Å². The Balaban J connectivity index is 1.68. The fraction of sp³-hybridized carbons (Fsp3) is 0.750. The van der Waals surface area contributed by atoms with Crippen molar-refractivity contribution in [3.63, 3.8) is 0 Å². The molecular formula is C16H30N6O. The minimum absolute atomic E-state index is 0.0936. The van der Waals surface area contributed by atoms with Gasteiger partial charge < -0.3 is 20.6 Å². The van der Waals surface area contributed by atoms with E-state index < -0.39 is 0 Å². The standard InChI is InChI=1S/C16H30N6O/c1-3-17-16(19-13-14-5-9-20-21(14)2)18-8-4-10-22-11-6-15(23)7-12-22/h5,9,15,23H,3-4,6-8,10-13H2,1-2H3,(H2,17,18,19). The Morgan fingerprint density at radius 2 is 2.17 bits per heavy atom. The molecule has 0 unspecified atom stereocenters. The molecule has 1 aliphatic rings. The number of aliphatic imine (C=N–C) groups is 1. The molecule has 0 aliphatic carbocycles. The van der Waals surface area contributed by atoms with Gasteiger partial charge in [-0.1, -0.05) is 0 Å². The van der Waals surface area contributed by atoms with Gasteiger partial charge in [-0.2, -0.15) is 5.10 Å². The molecule has 3 N–H and O–H groups in total. The Kier molecular flexibility index (Phi) is 7.35. The zero-order valence-electron chi connectivity index (χ0n) is 14.3. The normalized spacial score (nSPS) is 17.4. The van der Waals surface area contributed by atoms with Crippen molar-refractivity contribution in [1.29, 1.82) is 0 Å². The van der Waals surface area contributed by atoms with Crippen LogP contribution in [0.1, 0.15) is 31.9 Å². The molecule has 2 heterocycles. The van der Waals surface area contributed by atoms with Crippen molar-refractivity contribution < 1.29 is 5.11 Å². The molecule has 2 rings (SSSR count). The van der Waals surface area contributed by atoms with Crippen molar-refractivity contribution in [2.75, 3.05) is 32.7 Å². The van der Waals surface area contributed by atoms with Gasteiger partial charge in [-0.05, 0) is 38.8 Å². The van der Waals surface area contributed by atoms with Gasteiger partial charge in [0.2, 0.25) is 0 Å². The number of hydrogen-bond acceptors (Lipinski definition) is 4. The number of likely N-dealkylation sites (tertiary alicyclic amines) is 1. The van der Waals surface area contributed by atoms with Crippen LogP contribution in [-0.2, 0) is 13.6 Å². The van der Waals surface area contributed by atoms with Gasteiger partial charge in [0.05, 0.1) is 18.3 Å². The third-order valence-corrected chi connectivity index (χ3v) is 4.17. The largest absolute Gasteiger partial charge is 0.393 e. The predicted octanol–water partition coefficient (Wildman–Crippen LogP) is 0.322. The minimum atomic E-state index is -0.0936. The molecule has 0 saturated carbocycles. The molecule has 0 spiro atoms. The van der Waals surface area contributed by atoms with Crippen molar-refractivity contribution in [1.82, 2.24) is 25.3 Å². The van der Waals surface area contributed by atoms with Crippen LogP contribution in [0, 0.1) is 0 Å². The molecule has 0 aromatic carbocycles. The molecule has 7 nitrogen and oxygen atoms in total. The van der Waals surface area contributed by atoms with Gasteiger partial charge in [-0.3, -0.25) is 4.68 Å². The lowest BCUT2D eigenvalue weighted by Gasteiger charge is -2.29. The summed E-state index contributed by atoms with van der Waals surface area (Å²) in [4.78, 5) is 7.02. The number of nitrogens with one attached hydrogen (secondary N) is 2.